The smallest absolute Gasteiger partial charge is 0.479 e. The number of pyridine rings is 1. The summed E-state index contributed by atoms with van der Waals surface area (Å²) in [5.41, 5.74) is 4.03. The van der Waals surface area contributed by atoms with Crippen molar-refractivity contribution in [3.63, 3.8) is 0 Å². The topological polar surface area (TPSA) is 164 Å². The van der Waals surface area contributed by atoms with Crippen molar-refractivity contribution in [2.75, 3.05) is 31.1 Å². The van der Waals surface area contributed by atoms with Gasteiger partial charge in [0, 0.05) is 47.9 Å². The molecule has 0 spiro atoms. The summed E-state index contributed by atoms with van der Waals surface area (Å²) in [6.45, 7) is 6.93. The molecule has 1 saturated carbocycles. The molecule has 1 aliphatic carbocycles. The van der Waals surface area contributed by atoms with Crippen molar-refractivity contribution in [1.82, 2.24) is 9.88 Å². The fourth-order valence-corrected chi connectivity index (χ4v) is 5.09. The Bertz CT molecular complexity index is 1470. The number of aromatic nitrogens is 1. The molecule has 1 unspecified atom stereocenters. The molecule has 44 heavy (non-hydrogen) atoms. The lowest BCUT2D eigenvalue weighted by atomic mass is 9.84. The highest BCUT2D eigenvalue weighted by Gasteiger charge is 2.38. The Morgan fingerprint density at radius 3 is 2.27 bits per heavy atom. The van der Waals surface area contributed by atoms with E-state index < -0.39 is 36.2 Å². The van der Waals surface area contributed by atoms with E-state index in [4.69, 9.17) is 25.0 Å². The van der Waals surface area contributed by atoms with Gasteiger partial charge in [0.25, 0.3) is 0 Å². The molecule has 1 aromatic carbocycles. The number of carbonyl (C=O) groups excluding carboxylic acids is 1. The number of carbonyl (C=O) groups is 3. The number of aliphatic hydroxyl groups is 1. The van der Waals surface area contributed by atoms with E-state index >= 15 is 0 Å². The number of hydrogen-bond donors (Lipinski definition) is 4. The fraction of sp³-hybridized carbons (Fsp3) is 0.500. The van der Waals surface area contributed by atoms with Crippen LogP contribution in [0.15, 0.2) is 24.3 Å². The molecule has 0 radical (unpaired) electrons. The number of rotatable bonds is 8. The van der Waals surface area contributed by atoms with Gasteiger partial charge in [0.1, 0.15) is 17.3 Å². The van der Waals surface area contributed by atoms with E-state index in [-0.39, 0.29) is 18.2 Å². The Morgan fingerprint density at radius 1 is 1.09 bits per heavy atom. The molecule has 2 aliphatic heterocycles. The van der Waals surface area contributed by atoms with E-state index in [1.54, 1.807) is 17.0 Å². The predicted octanol–water partition coefficient (Wildman–Crippen LogP) is 3.95. The molecule has 11 nitrogen and oxygen atoms in total. The number of carboxylic acids is 2. The zero-order valence-electron chi connectivity index (χ0n) is 24.6. The third-order valence-corrected chi connectivity index (χ3v) is 7.52. The zero-order valence-corrected chi connectivity index (χ0v) is 24.6. The number of aliphatic hydroxyl groups excluding tert-OH is 1. The predicted molar refractivity (Wildman–Crippen MR) is 153 cm³/mol. The van der Waals surface area contributed by atoms with Crippen LogP contribution in [-0.4, -0.2) is 87.3 Å². The summed E-state index contributed by atoms with van der Waals surface area (Å²) in [5.74, 6) is -2.79. The van der Waals surface area contributed by atoms with Gasteiger partial charge in [-0.1, -0.05) is 26.8 Å². The molecular weight excluding hydrogens is 585 g/mol. The van der Waals surface area contributed by atoms with Crippen LogP contribution in [0, 0.1) is 5.41 Å². The second kappa shape index (κ2) is 12.4. The lowest BCUT2D eigenvalue weighted by Gasteiger charge is -2.29. The Labute approximate surface area is 251 Å². The van der Waals surface area contributed by atoms with Gasteiger partial charge < -0.3 is 29.9 Å². The first-order valence-electron chi connectivity index (χ1n) is 14.1. The van der Waals surface area contributed by atoms with E-state index in [1.165, 1.54) is 0 Å². The van der Waals surface area contributed by atoms with Crippen LogP contribution in [0.4, 0.5) is 18.9 Å². The Balaban J connectivity index is 0.000000566. The van der Waals surface area contributed by atoms with Crippen LogP contribution in [0.3, 0.4) is 0 Å². The summed E-state index contributed by atoms with van der Waals surface area (Å²) in [4.78, 5) is 42.2. The number of anilines is 1. The SMILES string of the molecule is CC(C)(C)c1cc(C(=O)CN2Cc3ccc(C4CC4)nc3C2=N)cc(N2CCC(O)C2)c1OCC(=O)O.O=C(O)C(F)(F)F. The van der Waals surface area contributed by atoms with E-state index in [9.17, 15) is 33.0 Å². The van der Waals surface area contributed by atoms with E-state index in [0.29, 0.717) is 54.7 Å². The largest absolute Gasteiger partial charge is 0.490 e. The maximum atomic E-state index is 13.6. The number of ether oxygens (including phenoxy) is 1. The van der Waals surface area contributed by atoms with Crippen molar-refractivity contribution in [3.05, 3.63) is 52.3 Å². The molecule has 4 N–H and O–H groups in total. The molecule has 0 amide bonds. The highest BCUT2D eigenvalue weighted by atomic mass is 19.4. The van der Waals surface area contributed by atoms with Gasteiger partial charge in [0.15, 0.2) is 12.4 Å². The van der Waals surface area contributed by atoms with Gasteiger partial charge in [0.2, 0.25) is 0 Å². The number of nitrogens with zero attached hydrogens (tertiary/aromatic N) is 3. The highest BCUT2D eigenvalue weighted by molar-refractivity contribution is 6.05. The fourth-order valence-electron chi connectivity index (χ4n) is 5.09. The number of fused-ring (bicyclic) bond motifs is 1. The summed E-state index contributed by atoms with van der Waals surface area (Å²) in [5, 5.41) is 35.2. The van der Waals surface area contributed by atoms with Crippen molar-refractivity contribution in [2.24, 2.45) is 0 Å². The van der Waals surface area contributed by atoms with Gasteiger partial charge in [-0.25, -0.2) is 14.6 Å². The molecule has 1 aromatic heterocycles. The number of benzene rings is 1. The molecule has 5 rings (SSSR count). The minimum absolute atomic E-state index is 0.0366. The number of halogens is 3. The van der Waals surface area contributed by atoms with Gasteiger partial charge in [-0.3, -0.25) is 10.2 Å². The lowest BCUT2D eigenvalue weighted by Crippen LogP contribution is -2.31. The minimum Gasteiger partial charge on any atom is -0.479 e. The van der Waals surface area contributed by atoms with Gasteiger partial charge in [0.05, 0.1) is 18.3 Å². The second-order valence-corrected chi connectivity index (χ2v) is 12.1. The van der Waals surface area contributed by atoms with E-state index in [0.717, 1.165) is 29.7 Å². The number of alkyl halides is 3. The van der Waals surface area contributed by atoms with Crippen LogP contribution < -0.4 is 9.64 Å². The zero-order chi connectivity index (χ0) is 32.6. The van der Waals surface area contributed by atoms with Crippen molar-refractivity contribution in [2.45, 2.75) is 70.2 Å². The average Bonchev–Trinajstić information content (AvgIpc) is 3.62. The van der Waals surface area contributed by atoms with E-state index in [1.807, 2.05) is 37.8 Å². The van der Waals surface area contributed by atoms with Gasteiger partial charge in [-0.05, 0) is 42.9 Å². The van der Waals surface area contributed by atoms with Crippen molar-refractivity contribution >= 4 is 29.2 Å². The van der Waals surface area contributed by atoms with Crippen LogP contribution in [0.2, 0.25) is 0 Å². The van der Waals surface area contributed by atoms with Crippen LogP contribution in [0.1, 0.15) is 78.8 Å². The number of aliphatic carboxylic acids is 2. The van der Waals surface area contributed by atoms with Gasteiger partial charge >= 0.3 is 18.1 Å². The molecule has 0 bridgehead atoms. The Kier molecular flexibility index (Phi) is 9.24. The molecule has 14 heteroatoms. The highest BCUT2D eigenvalue weighted by Crippen LogP contribution is 2.42. The number of β-amino-alcohol motifs (C(OH)–C–C–N with tert-alkyl or cyclic N) is 1. The average molecular weight is 621 g/mol. The van der Waals surface area contributed by atoms with Crippen LogP contribution in [0.25, 0.3) is 0 Å². The monoisotopic (exact) mass is 620 g/mol. The molecular formula is C30H35F3N4O7. The van der Waals surface area contributed by atoms with Crippen molar-refractivity contribution in [3.8, 4) is 5.75 Å². The molecule has 3 aliphatic rings. The first-order chi connectivity index (χ1) is 20.5. The summed E-state index contributed by atoms with van der Waals surface area (Å²) in [6, 6.07) is 7.59. The molecule has 1 saturated heterocycles. The van der Waals surface area contributed by atoms with Gasteiger partial charge in [-0.2, -0.15) is 13.2 Å². The molecule has 1 atom stereocenters. The van der Waals surface area contributed by atoms with Crippen LogP contribution in [0.5, 0.6) is 5.75 Å². The maximum absolute atomic E-state index is 13.6. The number of ketones is 1. The quantitative estimate of drug-likeness (QED) is 0.318. The first-order valence-corrected chi connectivity index (χ1v) is 14.1. The van der Waals surface area contributed by atoms with Crippen molar-refractivity contribution < 1.29 is 47.6 Å². The molecule has 2 fully saturated rings. The number of amidine groups is 1. The number of Topliss-reactive ketones (excluding diaryl/α,β-unsaturated/α-hetero) is 1. The number of nitrogens with one attached hydrogen (secondary N) is 1. The Hall–Kier alpha value is -4.20. The van der Waals surface area contributed by atoms with E-state index in [2.05, 4.69) is 0 Å². The Morgan fingerprint density at radius 2 is 1.75 bits per heavy atom. The summed E-state index contributed by atoms with van der Waals surface area (Å²) >= 11 is 0. The third-order valence-electron chi connectivity index (χ3n) is 7.52. The summed E-state index contributed by atoms with van der Waals surface area (Å²) in [7, 11) is 0. The first kappa shape index (κ1) is 32.7. The van der Waals surface area contributed by atoms with Gasteiger partial charge in [-0.15, -0.1) is 0 Å². The van der Waals surface area contributed by atoms with Crippen molar-refractivity contribution in [1.29, 1.82) is 5.41 Å². The third kappa shape index (κ3) is 7.65. The normalized spacial score (nSPS) is 18.1. The minimum atomic E-state index is -5.08. The summed E-state index contributed by atoms with van der Waals surface area (Å²) < 4.78 is 37.5. The number of hydrogen-bond acceptors (Lipinski definition) is 8. The molecule has 2 aromatic rings. The standard InChI is InChI=1S/C28H34N4O5.C2HF3O2/c1-28(2,3)20-10-18(11-22(26(20)37-15-24(35)36)31-9-8-19(33)13-31)23(34)14-32-12-17-6-7-21(16-4-5-16)30-25(17)27(32)29;3-2(4,5)1(6)7/h6-7,10-11,16,19,29,33H,4-5,8-9,12-15H2,1-3H3,(H,35,36);(H,6,7). The number of carboxylic acid groups (broad SMARTS) is 2. The molecule has 238 valence electrons. The van der Waals surface area contributed by atoms with Crippen LogP contribution >= 0.6 is 0 Å². The van der Waals surface area contributed by atoms with Crippen LogP contribution in [-0.2, 0) is 21.5 Å². The second-order valence-electron chi connectivity index (χ2n) is 12.1. The lowest BCUT2D eigenvalue weighted by molar-refractivity contribution is -0.192. The summed E-state index contributed by atoms with van der Waals surface area (Å²) in [6.07, 6.45) is -2.72. The maximum Gasteiger partial charge on any atom is 0.490 e. The molecule has 3 heterocycles.